The Hall–Kier alpha value is -1.72. The lowest BCUT2D eigenvalue weighted by atomic mass is 10.0. The summed E-state index contributed by atoms with van der Waals surface area (Å²) < 4.78 is 1.77. The maximum Gasteiger partial charge on any atom is 0.0538 e. The molecule has 2 heterocycles. The maximum absolute atomic E-state index is 5.56. The topological polar surface area (TPSA) is 68.8 Å². The van der Waals surface area contributed by atoms with Gasteiger partial charge in [-0.05, 0) is 24.1 Å². The third-order valence-corrected chi connectivity index (χ3v) is 2.52. The fourth-order valence-corrected chi connectivity index (χ4v) is 1.65. The van der Waals surface area contributed by atoms with Crippen molar-refractivity contribution < 1.29 is 0 Å². The second-order valence-electron chi connectivity index (χ2n) is 3.73. The van der Waals surface area contributed by atoms with Crippen LogP contribution in [-0.4, -0.2) is 14.8 Å². The number of hydrazine groups is 1. The van der Waals surface area contributed by atoms with Gasteiger partial charge in [0.25, 0.3) is 0 Å². The van der Waals surface area contributed by atoms with Gasteiger partial charge in [0.2, 0.25) is 0 Å². The van der Waals surface area contributed by atoms with Crippen LogP contribution in [0.1, 0.15) is 17.2 Å². The van der Waals surface area contributed by atoms with Crippen LogP contribution < -0.4 is 11.3 Å². The Morgan fingerprint density at radius 3 is 2.75 bits per heavy atom. The zero-order chi connectivity index (χ0) is 11.4. The van der Waals surface area contributed by atoms with Gasteiger partial charge in [-0.3, -0.25) is 20.9 Å². The summed E-state index contributed by atoms with van der Waals surface area (Å²) in [5, 5.41) is 4.14. The van der Waals surface area contributed by atoms with Crippen LogP contribution in [0, 0.1) is 0 Å². The predicted octanol–water partition coefficient (Wildman–Crippen LogP) is 0.562. The van der Waals surface area contributed by atoms with Crippen LogP contribution in [0.25, 0.3) is 0 Å². The van der Waals surface area contributed by atoms with Gasteiger partial charge < -0.3 is 0 Å². The molecule has 84 valence electrons. The van der Waals surface area contributed by atoms with E-state index in [9.17, 15) is 0 Å². The minimum atomic E-state index is 0.0797. The van der Waals surface area contributed by atoms with Crippen LogP contribution in [-0.2, 0) is 13.5 Å². The molecule has 5 nitrogen and oxygen atoms in total. The van der Waals surface area contributed by atoms with Gasteiger partial charge in [-0.15, -0.1) is 0 Å². The maximum atomic E-state index is 5.56. The molecule has 0 aliphatic heterocycles. The van der Waals surface area contributed by atoms with E-state index in [1.165, 1.54) is 5.56 Å². The number of aromatic nitrogens is 3. The minimum absolute atomic E-state index is 0.0797. The average molecular weight is 217 g/mol. The van der Waals surface area contributed by atoms with Crippen molar-refractivity contribution in [1.29, 1.82) is 0 Å². The molecule has 0 aliphatic carbocycles. The van der Waals surface area contributed by atoms with E-state index in [0.29, 0.717) is 0 Å². The molecule has 16 heavy (non-hydrogen) atoms. The molecule has 0 spiro atoms. The molecule has 2 aromatic heterocycles. The average Bonchev–Trinajstić information content (AvgIpc) is 2.74. The first kappa shape index (κ1) is 10.8. The highest BCUT2D eigenvalue weighted by Crippen LogP contribution is 2.16. The third kappa shape index (κ3) is 2.44. The lowest BCUT2D eigenvalue weighted by Gasteiger charge is -2.13. The Bertz CT molecular complexity index is 437. The fourth-order valence-electron chi connectivity index (χ4n) is 1.65. The van der Waals surface area contributed by atoms with Crippen molar-refractivity contribution in [2.75, 3.05) is 0 Å². The van der Waals surface area contributed by atoms with Gasteiger partial charge in [-0.2, -0.15) is 5.10 Å². The Kier molecular flexibility index (Phi) is 3.28. The van der Waals surface area contributed by atoms with Crippen LogP contribution in [0.2, 0.25) is 0 Å². The van der Waals surface area contributed by atoms with E-state index >= 15 is 0 Å². The fraction of sp³-hybridized carbons (Fsp3) is 0.273. The minimum Gasteiger partial charge on any atom is -0.275 e. The molecule has 5 heteroatoms. The Morgan fingerprint density at radius 1 is 1.44 bits per heavy atom. The van der Waals surface area contributed by atoms with Crippen molar-refractivity contribution in [1.82, 2.24) is 20.2 Å². The second kappa shape index (κ2) is 4.87. The molecule has 0 saturated heterocycles. The lowest BCUT2D eigenvalue weighted by Crippen LogP contribution is -2.29. The number of aryl methyl sites for hydroxylation is 1. The quantitative estimate of drug-likeness (QED) is 0.580. The SMILES string of the molecule is Cn1cc(C(Cc2ccncc2)NN)cn1. The molecular formula is C11H15N5. The third-order valence-electron chi connectivity index (χ3n) is 2.52. The summed E-state index contributed by atoms with van der Waals surface area (Å²) in [4.78, 5) is 3.99. The summed E-state index contributed by atoms with van der Waals surface area (Å²) >= 11 is 0. The molecule has 2 aromatic rings. The molecular weight excluding hydrogens is 202 g/mol. The number of nitrogens with zero attached hydrogens (tertiary/aromatic N) is 3. The highest BCUT2D eigenvalue weighted by atomic mass is 15.3. The summed E-state index contributed by atoms with van der Waals surface area (Å²) in [6.07, 6.45) is 8.18. The number of pyridine rings is 1. The van der Waals surface area contributed by atoms with E-state index in [1.807, 2.05) is 31.6 Å². The first-order valence-corrected chi connectivity index (χ1v) is 5.13. The lowest BCUT2D eigenvalue weighted by molar-refractivity contribution is 0.551. The van der Waals surface area contributed by atoms with Crippen LogP contribution in [0.3, 0.4) is 0 Å². The first-order chi connectivity index (χ1) is 7.79. The predicted molar refractivity (Wildman–Crippen MR) is 61.2 cm³/mol. The molecule has 2 rings (SSSR count). The summed E-state index contributed by atoms with van der Waals surface area (Å²) in [5.41, 5.74) is 5.09. The van der Waals surface area contributed by atoms with Gasteiger partial charge in [0, 0.05) is 31.2 Å². The van der Waals surface area contributed by atoms with E-state index in [4.69, 9.17) is 5.84 Å². The van der Waals surface area contributed by atoms with E-state index < -0.39 is 0 Å². The molecule has 0 bridgehead atoms. The zero-order valence-electron chi connectivity index (χ0n) is 9.17. The number of nitrogens with one attached hydrogen (secondary N) is 1. The van der Waals surface area contributed by atoms with Gasteiger partial charge in [-0.1, -0.05) is 0 Å². The van der Waals surface area contributed by atoms with Crippen molar-refractivity contribution in [3.8, 4) is 0 Å². The van der Waals surface area contributed by atoms with Crippen molar-refractivity contribution in [3.63, 3.8) is 0 Å². The molecule has 0 aliphatic rings. The largest absolute Gasteiger partial charge is 0.275 e. The summed E-state index contributed by atoms with van der Waals surface area (Å²) in [7, 11) is 1.89. The summed E-state index contributed by atoms with van der Waals surface area (Å²) in [5.74, 6) is 5.56. The molecule has 0 radical (unpaired) electrons. The van der Waals surface area contributed by atoms with E-state index in [2.05, 4.69) is 15.5 Å². The monoisotopic (exact) mass is 217 g/mol. The van der Waals surface area contributed by atoms with Gasteiger partial charge >= 0.3 is 0 Å². The van der Waals surface area contributed by atoms with Gasteiger partial charge in [-0.25, -0.2) is 0 Å². The van der Waals surface area contributed by atoms with Crippen molar-refractivity contribution >= 4 is 0 Å². The molecule has 1 unspecified atom stereocenters. The first-order valence-electron chi connectivity index (χ1n) is 5.13. The zero-order valence-corrected chi connectivity index (χ0v) is 9.17. The van der Waals surface area contributed by atoms with E-state index in [1.54, 1.807) is 17.1 Å². The van der Waals surface area contributed by atoms with Crippen LogP contribution >= 0.6 is 0 Å². The van der Waals surface area contributed by atoms with Gasteiger partial charge in [0.05, 0.1) is 12.2 Å². The van der Waals surface area contributed by atoms with Gasteiger partial charge in [0.1, 0.15) is 0 Å². The van der Waals surface area contributed by atoms with Crippen molar-refractivity contribution in [2.45, 2.75) is 12.5 Å². The Labute approximate surface area is 94.3 Å². The van der Waals surface area contributed by atoms with E-state index in [0.717, 1.165) is 12.0 Å². The molecule has 1 atom stereocenters. The number of rotatable bonds is 4. The number of nitrogens with two attached hydrogens (primary N) is 1. The van der Waals surface area contributed by atoms with Gasteiger partial charge in [0.15, 0.2) is 0 Å². The normalized spacial score (nSPS) is 12.6. The highest BCUT2D eigenvalue weighted by Gasteiger charge is 2.11. The summed E-state index contributed by atoms with van der Waals surface area (Å²) in [6, 6.07) is 4.05. The number of hydrogen-bond acceptors (Lipinski definition) is 4. The second-order valence-corrected chi connectivity index (χ2v) is 3.73. The standard InChI is InChI=1S/C11H15N5/c1-16-8-10(7-14-16)11(15-12)6-9-2-4-13-5-3-9/h2-5,7-8,11,15H,6,12H2,1H3. The smallest absolute Gasteiger partial charge is 0.0538 e. The van der Waals surface area contributed by atoms with E-state index in [-0.39, 0.29) is 6.04 Å². The number of hydrogen-bond donors (Lipinski definition) is 2. The van der Waals surface area contributed by atoms with Crippen LogP contribution in [0.5, 0.6) is 0 Å². The van der Waals surface area contributed by atoms with Crippen molar-refractivity contribution in [2.24, 2.45) is 12.9 Å². The Morgan fingerprint density at radius 2 is 2.19 bits per heavy atom. The molecule has 0 aromatic carbocycles. The molecule has 0 saturated carbocycles. The van der Waals surface area contributed by atoms with Crippen LogP contribution in [0.15, 0.2) is 36.9 Å². The molecule has 3 N–H and O–H groups in total. The van der Waals surface area contributed by atoms with Crippen molar-refractivity contribution in [3.05, 3.63) is 48.0 Å². The summed E-state index contributed by atoms with van der Waals surface area (Å²) in [6.45, 7) is 0. The van der Waals surface area contributed by atoms with Crippen LogP contribution in [0.4, 0.5) is 0 Å². The Balaban J connectivity index is 2.12. The molecule has 0 fully saturated rings. The molecule has 0 amide bonds. The highest BCUT2D eigenvalue weighted by molar-refractivity contribution is 5.17.